The fourth-order valence-corrected chi connectivity index (χ4v) is 3.29. The van der Waals surface area contributed by atoms with Crippen LogP contribution in [0.2, 0.25) is 0 Å². The van der Waals surface area contributed by atoms with E-state index in [0.29, 0.717) is 6.42 Å². The third-order valence-electron chi connectivity index (χ3n) is 3.62. The lowest BCUT2D eigenvalue weighted by Crippen LogP contribution is -2.14. The summed E-state index contributed by atoms with van der Waals surface area (Å²) in [5.41, 5.74) is 3.09. The molecule has 23 heavy (non-hydrogen) atoms. The highest BCUT2D eigenvalue weighted by Gasteiger charge is 2.19. The number of halogens is 1. The van der Waals surface area contributed by atoms with Crippen molar-refractivity contribution >= 4 is 17.5 Å². The van der Waals surface area contributed by atoms with E-state index < -0.39 is 0 Å². The highest BCUT2D eigenvalue weighted by Crippen LogP contribution is 2.24. The van der Waals surface area contributed by atoms with Gasteiger partial charge >= 0.3 is 0 Å². The molecule has 4 rings (SSSR count). The number of rotatable bonds is 3. The summed E-state index contributed by atoms with van der Waals surface area (Å²) in [4.78, 5) is 0. The van der Waals surface area contributed by atoms with Gasteiger partial charge in [-0.1, -0.05) is 54.2 Å². The fraction of sp³-hybridized carbons (Fsp3) is 0.118. The SMILES string of the molecule is Fc1ccc(Cc2nnc3n2N=C(c2ccccc2)CS3)cc1. The molecule has 1 aliphatic rings. The molecule has 1 aliphatic heterocycles. The van der Waals surface area contributed by atoms with Crippen LogP contribution in [0.15, 0.2) is 64.9 Å². The predicted octanol–water partition coefficient (Wildman–Crippen LogP) is 3.37. The summed E-state index contributed by atoms with van der Waals surface area (Å²) in [5, 5.41) is 13.9. The van der Waals surface area contributed by atoms with Gasteiger partial charge in [0.15, 0.2) is 5.82 Å². The Kier molecular flexibility index (Phi) is 3.67. The smallest absolute Gasteiger partial charge is 0.207 e. The number of nitrogens with zero attached hydrogens (tertiary/aromatic N) is 4. The highest BCUT2D eigenvalue weighted by atomic mass is 32.2. The fourth-order valence-electron chi connectivity index (χ4n) is 2.44. The zero-order valence-corrected chi connectivity index (χ0v) is 13.0. The Bertz CT molecular complexity index is 856. The summed E-state index contributed by atoms with van der Waals surface area (Å²) in [6, 6.07) is 16.5. The van der Waals surface area contributed by atoms with Crippen LogP contribution in [0.25, 0.3) is 0 Å². The quantitative estimate of drug-likeness (QED) is 0.742. The lowest BCUT2D eigenvalue weighted by Gasteiger charge is -2.13. The Morgan fingerprint density at radius 1 is 1.00 bits per heavy atom. The molecule has 4 nitrogen and oxygen atoms in total. The summed E-state index contributed by atoms with van der Waals surface area (Å²) >= 11 is 1.62. The molecule has 0 radical (unpaired) electrons. The Morgan fingerprint density at radius 2 is 1.78 bits per heavy atom. The number of thioether (sulfide) groups is 1. The lowest BCUT2D eigenvalue weighted by atomic mass is 10.1. The van der Waals surface area contributed by atoms with Gasteiger partial charge in [0.05, 0.1) is 5.71 Å². The predicted molar refractivity (Wildman–Crippen MR) is 88.3 cm³/mol. The van der Waals surface area contributed by atoms with Crippen LogP contribution in [0.1, 0.15) is 17.0 Å². The normalized spacial score (nSPS) is 13.5. The van der Waals surface area contributed by atoms with Crippen LogP contribution in [0.3, 0.4) is 0 Å². The number of benzene rings is 2. The highest BCUT2D eigenvalue weighted by molar-refractivity contribution is 7.99. The summed E-state index contributed by atoms with van der Waals surface area (Å²) in [5.74, 6) is 1.29. The van der Waals surface area contributed by atoms with Gasteiger partial charge in [0.2, 0.25) is 5.16 Å². The number of hydrogen-bond donors (Lipinski definition) is 0. The topological polar surface area (TPSA) is 43.1 Å². The Morgan fingerprint density at radius 3 is 2.57 bits per heavy atom. The van der Waals surface area contributed by atoms with Crippen molar-refractivity contribution in [1.29, 1.82) is 0 Å². The zero-order valence-electron chi connectivity index (χ0n) is 12.2. The van der Waals surface area contributed by atoms with E-state index in [9.17, 15) is 4.39 Å². The van der Waals surface area contributed by atoms with Gasteiger partial charge in [0.25, 0.3) is 0 Å². The second-order valence-electron chi connectivity index (χ2n) is 5.22. The van der Waals surface area contributed by atoms with Crippen molar-refractivity contribution in [2.24, 2.45) is 5.10 Å². The van der Waals surface area contributed by atoms with Gasteiger partial charge in [-0.2, -0.15) is 9.78 Å². The largest absolute Gasteiger partial charge is 0.212 e. The zero-order chi connectivity index (χ0) is 15.6. The van der Waals surface area contributed by atoms with Gasteiger partial charge in [-0.15, -0.1) is 10.2 Å². The molecule has 2 aromatic carbocycles. The van der Waals surface area contributed by atoms with E-state index >= 15 is 0 Å². The van der Waals surface area contributed by atoms with Crippen molar-refractivity contribution in [1.82, 2.24) is 14.9 Å². The van der Waals surface area contributed by atoms with Crippen LogP contribution in [-0.2, 0) is 6.42 Å². The number of hydrogen-bond acceptors (Lipinski definition) is 4. The second-order valence-corrected chi connectivity index (χ2v) is 6.16. The van der Waals surface area contributed by atoms with E-state index in [1.807, 2.05) is 30.3 Å². The minimum Gasteiger partial charge on any atom is -0.207 e. The monoisotopic (exact) mass is 324 g/mol. The van der Waals surface area contributed by atoms with Crippen LogP contribution in [0.5, 0.6) is 0 Å². The van der Waals surface area contributed by atoms with Crippen LogP contribution in [0.4, 0.5) is 4.39 Å². The van der Waals surface area contributed by atoms with E-state index in [4.69, 9.17) is 5.10 Å². The minimum absolute atomic E-state index is 0.239. The Balaban J connectivity index is 1.67. The maximum atomic E-state index is 13.0. The first kappa shape index (κ1) is 14.1. The first-order valence-electron chi connectivity index (χ1n) is 7.24. The second kappa shape index (κ2) is 5.96. The van der Waals surface area contributed by atoms with E-state index in [1.54, 1.807) is 28.6 Å². The van der Waals surface area contributed by atoms with Crippen molar-refractivity contribution in [2.45, 2.75) is 11.6 Å². The van der Waals surface area contributed by atoms with Crippen molar-refractivity contribution in [3.8, 4) is 0 Å². The third kappa shape index (κ3) is 2.90. The summed E-state index contributed by atoms with van der Waals surface area (Å²) in [6.45, 7) is 0. The molecule has 1 aromatic heterocycles. The molecule has 0 amide bonds. The van der Waals surface area contributed by atoms with Gasteiger partial charge in [-0.25, -0.2) is 4.39 Å². The van der Waals surface area contributed by atoms with Gasteiger partial charge in [-0.05, 0) is 23.3 Å². The lowest BCUT2D eigenvalue weighted by molar-refractivity contribution is 0.627. The molecule has 0 atom stereocenters. The molecule has 6 heteroatoms. The molecular formula is C17H13FN4S. The summed E-state index contributed by atoms with van der Waals surface area (Å²) in [6.07, 6.45) is 0.569. The summed E-state index contributed by atoms with van der Waals surface area (Å²) < 4.78 is 14.8. The van der Waals surface area contributed by atoms with Crippen LogP contribution in [0, 0.1) is 5.82 Å². The molecule has 0 fully saturated rings. The first-order valence-corrected chi connectivity index (χ1v) is 8.23. The maximum absolute atomic E-state index is 13.0. The molecule has 2 heterocycles. The van der Waals surface area contributed by atoms with Gasteiger partial charge in [-0.3, -0.25) is 0 Å². The molecule has 0 saturated heterocycles. The average Bonchev–Trinajstić information content (AvgIpc) is 3.00. The van der Waals surface area contributed by atoms with Crippen molar-refractivity contribution in [3.05, 3.63) is 77.4 Å². The molecule has 0 N–H and O–H groups in total. The van der Waals surface area contributed by atoms with Gasteiger partial charge in [0, 0.05) is 12.2 Å². The molecule has 3 aromatic rings. The molecular weight excluding hydrogens is 311 g/mol. The Hall–Kier alpha value is -2.47. The molecule has 0 spiro atoms. The third-order valence-corrected chi connectivity index (χ3v) is 4.55. The van der Waals surface area contributed by atoms with Crippen LogP contribution < -0.4 is 0 Å². The summed E-state index contributed by atoms with van der Waals surface area (Å²) in [7, 11) is 0. The average molecular weight is 324 g/mol. The number of fused-ring (bicyclic) bond motifs is 1. The Labute approximate surface area is 137 Å². The van der Waals surface area contributed by atoms with Crippen molar-refractivity contribution in [2.75, 3.05) is 5.75 Å². The standard InChI is InChI=1S/C17H13FN4S/c18-14-8-6-12(7-9-14)10-16-19-20-17-22(16)21-15(11-23-17)13-4-2-1-3-5-13/h1-9H,10-11H2. The van der Waals surface area contributed by atoms with E-state index in [1.165, 1.54) is 12.1 Å². The van der Waals surface area contributed by atoms with Crippen molar-refractivity contribution < 1.29 is 4.39 Å². The molecule has 114 valence electrons. The van der Waals surface area contributed by atoms with Gasteiger partial charge < -0.3 is 0 Å². The first-order chi connectivity index (χ1) is 11.3. The number of aromatic nitrogens is 3. The molecule has 0 unspecified atom stereocenters. The van der Waals surface area contributed by atoms with E-state index in [-0.39, 0.29) is 5.82 Å². The van der Waals surface area contributed by atoms with Crippen LogP contribution >= 0.6 is 11.8 Å². The van der Waals surface area contributed by atoms with E-state index in [2.05, 4.69) is 10.2 Å². The molecule has 0 aliphatic carbocycles. The van der Waals surface area contributed by atoms with Gasteiger partial charge in [0.1, 0.15) is 5.82 Å². The maximum Gasteiger partial charge on any atom is 0.212 e. The minimum atomic E-state index is -0.239. The van der Waals surface area contributed by atoms with Crippen LogP contribution in [-0.4, -0.2) is 26.3 Å². The van der Waals surface area contributed by atoms with Crippen molar-refractivity contribution in [3.63, 3.8) is 0 Å². The molecule has 0 bridgehead atoms. The van der Waals surface area contributed by atoms with E-state index in [0.717, 1.165) is 33.6 Å². The molecule has 0 saturated carbocycles.